The molecule has 0 aliphatic carbocycles. The molecule has 3 N–H and O–H groups in total. The Kier molecular flexibility index (Phi) is 7.15. The number of carbonyl (C=O) groups excluding carboxylic acids is 2. The number of carbonyl (C=O) groups is 2. The lowest BCUT2D eigenvalue weighted by Gasteiger charge is -2.21. The highest BCUT2D eigenvalue weighted by Gasteiger charge is 2.26. The van der Waals surface area contributed by atoms with Crippen molar-refractivity contribution < 1.29 is 14.3 Å². The fourth-order valence-electron chi connectivity index (χ4n) is 3.55. The number of aromatic amines is 1. The number of rotatable bonds is 9. The number of fused-ring (bicyclic) bond motifs is 1. The Morgan fingerprint density at radius 2 is 2.09 bits per heavy atom. The van der Waals surface area contributed by atoms with Crippen molar-refractivity contribution in [3.05, 3.63) is 48.2 Å². The Bertz CT molecular complexity index is 1140. The Labute approximate surface area is 186 Å². The van der Waals surface area contributed by atoms with Crippen LogP contribution >= 0.6 is 0 Å². The average Bonchev–Trinajstić information content (AvgIpc) is 3.38. The fraction of sp³-hybridized carbons (Fsp3) is 0.391. The quantitative estimate of drug-likeness (QED) is 0.475. The fourth-order valence-corrected chi connectivity index (χ4v) is 3.55. The second kappa shape index (κ2) is 10.0. The van der Waals surface area contributed by atoms with Crippen molar-refractivity contribution in [3.63, 3.8) is 0 Å². The average molecular weight is 437 g/mol. The van der Waals surface area contributed by atoms with E-state index in [1.54, 1.807) is 30.3 Å². The zero-order valence-electron chi connectivity index (χ0n) is 18.7. The minimum absolute atomic E-state index is 0.158. The molecular formula is C23H28N6O3. The second-order valence-corrected chi connectivity index (χ2v) is 8.18. The highest BCUT2D eigenvalue weighted by atomic mass is 16.5. The van der Waals surface area contributed by atoms with Crippen molar-refractivity contribution in [3.8, 4) is 11.8 Å². The van der Waals surface area contributed by atoms with Gasteiger partial charge in [0.05, 0.1) is 25.2 Å². The van der Waals surface area contributed by atoms with E-state index in [9.17, 15) is 14.9 Å². The molecule has 0 aliphatic rings. The van der Waals surface area contributed by atoms with Crippen LogP contribution in [0.5, 0.6) is 5.75 Å². The van der Waals surface area contributed by atoms with Crippen molar-refractivity contribution in [2.45, 2.75) is 38.8 Å². The molecule has 9 nitrogen and oxygen atoms in total. The number of ether oxygens (including phenoxy) is 1. The summed E-state index contributed by atoms with van der Waals surface area (Å²) >= 11 is 0. The van der Waals surface area contributed by atoms with Crippen LogP contribution in [0.25, 0.3) is 10.9 Å². The van der Waals surface area contributed by atoms with E-state index in [0.29, 0.717) is 23.6 Å². The molecule has 2 atom stereocenters. The first-order valence-corrected chi connectivity index (χ1v) is 10.4. The normalized spacial score (nSPS) is 12.9. The van der Waals surface area contributed by atoms with Gasteiger partial charge in [-0.25, -0.2) is 4.98 Å². The van der Waals surface area contributed by atoms with Crippen molar-refractivity contribution in [2.75, 3.05) is 7.11 Å². The van der Waals surface area contributed by atoms with Crippen molar-refractivity contribution >= 4 is 22.7 Å². The molecule has 168 valence electrons. The number of benzene rings is 1. The molecule has 0 radical (unpaired) electrons. The van der Waals surface area contributed by atoms with Gasteiger partial charge in [0.15, 0.2) is 0 Å². The van der Waals surface area contributed by atoms with Gasteiger partial charge in [-0.3, -0.25) is 9.59 Å². The molecule has 0 bridgehead atoms. The zero-order chi connectivity index (χ0) is 23.3. The Balaban J connectivity index is 1.73. The second-order valence-electron chi connectivity index (χ2n) is 8.18. The largest absolute Gasteiger partial charge is 0.496 e. The van der Waals surface area contributed by atoms with Crippen LogP contribution in [-0.2, 0) is 18.3 Å². The van der Waals surface area contributed by atoms with Crippen LogP contribution in [-0.4, -0.2) is 45.5 Å². The molecule has 2 unspecified atom stereocenters. The Morgan fingerprint density at radius 1 is 1.31 bits per heavy atom. The summed E-state index contributed by atoms with van der Waals surface area (Å²) in [6, 6.07) is 7.77. The standard InChI is InChI=1S/C23H28N6O3/c1-14(2)8-19(22(30)26-15(11-24)9-16-12-29(3)13-25-16)28-23(31)20-10-17-18(27-20)6-5-7-21(17)32-4/h5-7,10,12-15,19,27H,8-9H2,1-4H3,(H,26,30)(H,28,31). The van der Waals surface area contributed by atoms with Crippen molar-refractivity contribution in [1.82, 2.24) is 25.2 Å². The number of aromatic nitrogens is 3. The molecule has 0 fully saturated rings. The number of nitrogens with one attached hydrogen (secondary N) is 3. The summed E-state index contributed by atoms with van der Waals surface area (Å²) in [6.07, 6.45) is 4.16. The third kappa shape index (κ3) is 5.46. The first-order chi connectivity index (χ1) is 15.3. The minimum Gasteiger partial charge on any atom is -0.496 e. The molecule has 0 spiro atoms. The molecule has 3 aromatic rings. The summed E-state index contributed by atoms with van der Waals surface area (Å²) in [5.41, 5.74) is 1.80. The first kappa shape index (κ1) is 22.9. The van der Waals surface area contributed by atoms with E-state index < -0.39 is 23.9 Å². The number of methoxy groups -OCH3 is 1. The number of hydrogen-bond acceptors (Lipinski definition) is 5. The lowest BCUT2D eigenvalue weighted by atomic mass is 10.0. The van der Waals surface area contributed by atoms with Crippen molar-refractivity contribution in [2.24, 2.45) is 13.0 Å². The zero-order valence-corrected chi connectivity index (χ0v) is 18.7. The summed E-state index contributed by atoms with van der Waals surface area (Å²) in [7, 11) is 3.41. The van der Waals surface area contributed by atoms with E-state index in [1.165, 1.54) is 0 Å². The number of aryl methyl sites for hydroxylation is 1. The molecule has 0 saturated heterocycles. The van der Waals surface area contributed by atoms with E-state index in [-0.39, 0.29) is 12.3 Å². The van der Waals surface area contributed by atoms with Gasteiger partial charge in [0.1, 0.15) is 23.5 Å². The third-order valence-corrected chi connectivity index (χ3v) is 5.06. The SMILES string of the molecule is COc1cccc2[nH]c(C(=O)NC(CC(C)C)C(=O)NC(C#N)Cc3cn(C)cn3)cc12. The van der Waals surface area contributed by atoms with E-state index in [0.717, 1.165) is 10.9 Å². The number of amides is 2. The van der Waals surface area contributed by atoms with Gasteiger partial charge in [-0.15, -0.1) is 0 Å². The number of H-pyrrole nitrogens is 1. The maximum absolute atomic E-state index is 13.0. The van der Waals surface area contributed by atoms with E-state index >= 15 is 0 Å². The molecule has 3 rings (SSSR count). The summed E-state index contributed by atoms with van der Waals surface area (Å²) in [6.45, 7) is 3.94. The molecule has 0 saturated carbocycles. The smallest absolute Gasteiger partial charge is 0.268 e. The van der Waals surface area contributed by atoms with Crippen LogP contribution in [0.15, 0.2) is 36.8 Å². The van der Waals surface area contributed by atoms with Gasteiger partial charge in [0.25, 0.3) is 5.91 Å². The predicted octanol–water partition coefficient (Wildman–Crippen LogP) is 2.31. The van der Waals surface area contributed by atoms with Gasteiger partial charge >= 0.3 is 0 Å². The van der Waals surface area contributed by atoms with Crippen molar-refractivity contribution in [1.29, 1.82) is 5.26 Å². The van der Waals surface area contributed by atoms with Crippen LogP contribution in [0.1, 0.15) is 36.5 Å². The van der Waals surface area contributed by atoms with E-state index in [1.807, 2.05) is 39.1 Å². The van der Waals surface area contributed by atoms with Crippen LogP contribution in [0.4, 0.5) is 0 Å². The monoisotopic (exact) mass is 436 g/mol. The predicted molar refractivity (Wildman–Crippen MR) is 120 cm³/mol. The van der Waals surface area contributed by atoms with Gasteiger partial charge in [0, 0.05) is 30.6 Å². The number of imidazole rings is 1. The van der Waals surface area contributed by atoms with Crippen LogP contribution in [0, 0.1) is 17.2 Å². The highest BCUT2D eigenvalue weighted by molar-refractivity contribution is 6.01. The van der Waals surface area contributed by atoms with Gasteiger partial charge in [-0.2, -0.15) is 5.26 Å². The Morgan fingerprint density at radius 3 is 2.72 bits per heavy atom. The lowest BCUT2D eigenvalue weighted by Crippen LogP contribution is -2.50. The van der Waals surface area contributed by atoms with Gasteiger partial charge in [-0.1, -0.05) is 19.9 Å². The topological polar surface area (TPSA) is 125 Å². The van der Waals surface area contributed by atoms with E-state index in [2.05, 4.69) is 26.7 Å². The minimum atomic E-state index is -0.782. The summed E-state index contributed by atoms with van der Waals surface area (Å²) < 4.78 is 7.13. The van der Waals surface area contributed by atoms with Crippen LogP contribution in [0.3, 0.4) is 0 Å². The maximum Gasteiger partial charge on any atom is 0.268 e. The number of hydrogen-bond donors (Lipinski definition) is 3. The highest BCUT2D eigenvalue weighted by Crippen LogP contribution is 2.26. The van der Waals surface area contributed by atoms with Gasteiger partial charge < -0.3 is 24.9 Å². The molecule has 2 aromatic heterocycles. The molecule has 2 amide bonds. The summed E-state index contributed by atoms with van der Waals surface area (Å²) in [5.74, 6) is 0.0105. The molecular weight excluding hydrogens is 408 g/mol. The van der Waals surface area contributed by atoms with Crippen LogP contribution < -0.4 is 15.4 Å². The molecule has 0 aliphatic heterocycles. The number of nitrogens with zero attached hydrogens (tertiary/aromatic N) is 3. The first-order valence-electron chi connectivity index (χ1n) is 10.4. The molecule has 1 aromatic carbocycles. The van der Waals surface area contributed by atoms with Crippen LogP contribution in [0.2, 0.25) is 0 Å². The summed E-state index contributed by atoms with van der Waals surface area (Å²) in [4.78, 5) is 33.1. The Hall–Kier alpha value is -3.80. The van der Waals surface area contributed by atoms with Gasteiger partial charge in [-0.05, 0) is 30.5 Å². The lowest BCUT2D eigenvalue weighted by molar-refractivity contribution is -0.123. The maximum atomic E-state index is 13.0. The van der Waals surface area contributed by atoms with E-state index in [4.69, 9.17) is 4.74 Å². The molecule has 9 heteroatoms. The molecule has 2 heterocycles. The number of nitriles is 1. The summed E-state index contributed by atoms with van der Waals surface area (Å²) in [5, 5.41) is 15.8. The molecule has 32 heavy (non-hydrogen) atoms. The van der Waals surface area contributed by atoms with Gasteiger partial charge in [0.2, 0.25) is 5.91 Å². The third-order valence-electron chi connectivity index (χ3n) is 5.06.